The molecule has 0 aromatic rings. The van der Waals surface area contributed by atoms with Crippen molar-refractivity contribution in [2.75, 3.05) is 14.2 Å². The first-order valence-corrected chi connectivity index (χ1v) is 9.45. The zero-order valence-electron chi connectivity index (χ0n) is 17.6. The van der Waals surface area contributed by atoms with Gasteiger partial charge < -0.3 is 9.47 Å². The zero-order valence-corrected chi connectivity index (χ0v) is 17.6. The van der Waals surface area contributed by atoms with Crippen LogP contribution < -0.4 is 0 Å². The molecule has 0 N–H and O–H groups in total. The average molecular weight is 363 g/mol. The molecule has 2 unspecified atom stereocenters. The Bertz CT molecular complexity index is 651. The Morgan fingerprint density at radius 1 is 1.12 bits per heavy atom. The molecule has 0 bridgehead atoms. The summed E-state index contributed by atoms with van der Waals surface area (Å²) >= 11 is 0. The highest BCUT2D eigenvalue weighted by Crippen LogP contribution is 2.42. The molecule has 4 heteroatoms. The van der Waals surface area contributed by atoms with Crippen LogP contribution in [-0.2, 0) is 19.1 Å². The maximum Gasteiger partial charge on any atom is 0.228 e. The fourth-order valence-corrected chi connectivity index (χ4v) is 3.47. The number of allylic oxidation sites excluding steroid dienone is 4. The van der Waals surface area contributed by atoms with Crippen LogP contribution in [0.1, 0.15) is 67.2 Å². The van der Waals surface area contributed by atoms with Crippen molar-refractivity contribution < 1.29 is 19.1 Å². The van der Waals surface area contributed by atoms with Gasteiger partial charge in [-0.15, -0.1) is 0 Å². The summed E-state index contributed by atoms with van der Waals surface area (Å²) in [4.78, 5) is 25.7. The van der Waals surface area contributed by atoms with Gasteiger partial charge in [0.25, 0.3) is 0 Å². The molecule has 0 saturated heterocycles. The van der Waals surface area contributed by atoms with Gasteiger partial charge in [-0.05, 0) is 39.0 Å². The van der Waals surface area contributed by atoms with Gasteiger partial charge in [-0.25, -0.2) is 0 Å². The fourth-order valence-electron chi connectivity index (χ4n) is 3.47. The molecule has 1 aliphatic carbocycles. The van der Waals surface area contributed by atoms with Crippen LogP contribution in [0, 0.1) is 11.3 Å². The molecular weight excluding hydrogens is 328 g/mol. The second-order valence-electron chi connectivity index (χ2n) is 7.61. The first kappa shape index (κ1) is 22.2. The molecule has 0 aromatic heterocycles. The lowest BCUT2D eigenvalue weighted by Gasteiger charge is -2.33. The van der Waals surface area contributed by atoms with Gasteiger partial charge in [0.2, 0.25) is 23.1 Å². The highest BCUT2D eigenvalue weighted by molar-refractivity contribution is 6.23. The number of ether oxygens (including phenoxy) is 2. The molecule has 1 rings (SSSR count). The quantitative estimate of drug-likeness (QED) is 0.420. The van der Waals surface area contributed by atoms with E-state index in [-0.39, 0.29) is 23.1 Å². The second-order valence-corrected chi connectivity index (χ2v) is 7.61. The normalized spacial score (nSPS) is 19.6. The van der Waals surface area contributed by atoms with E-state index in [4.69, 9.17) is 9.47 Å². The molecule has 1 aliphatic rings. The number of carbonyl (C=O) groups excluding carboxylic acids is 2. The van der Waals surface area contributed by atoms with Crippen LogP contribution in [0.2, 0.25) is 0 Å². The second kappa shape index (κ2) is 9.20. The van der Waals surface area contributed by atoms with Crippen molar-refractivity contribution in [1.82, 2.24) is 0 Å². The van der Waals surface area contributed by atoms with E-state index in [0.717, 1.165) is 25.7 Å². The van der Waals surface area contributed by atoms with Crippen LogP contribution in [-0.4, -0.2) is 25.8 Å². The third kappa shape index (κ3) is 4.46. The summed E-state index contributed by atoms with van der Waals surface area (Å²) in [5.41, 5.74) is 1.92. The van der Waals surface area contributed by atoms with Gasteiger partial charge >= 0.3 is 0 Å². The molecule has 0 spiro atoms. The summed E-state index contributed by atoms with van der Waals surface area (Å²) in [6, 6.07) is 0. The Balaban J connectivity index is 3.26. The Hall–Kier alpha value is -1.84. The molecule has 4 nitrogen and oxygen atoms in total. The predicted octanol–water partition coefficient (Wildman–Crippen LogP) is 5.15. The third-order valence-electron chi connectivity index (χ3n) is 5.62. The number of hydrogen-bond donors (Lipinski definition) is 0. The van der Waals surface area contributed by atoms with Crippen LogP contribution in [0.25, 0.3) is 0 Å². The number of Topliss-reactive ketones (excluding diaryl/α,β-unsaturated/α-hetero) is 2. The van der Waals surface area contributed by atoms with Crippen molar-refractivity contribution in [3.05, 3.63) is 34.3 Å². The Morgan fingerprint density at radius 2 is 1.65 bits per heavy atom. The Kier molecular flexibility index (Phi) is 7.86. The van der Waals surface area contributed by atoms with Gasteiger partial charge in [0.05, 0.1) is 14.2 Å². The maximum atomic E-state index is 13.1. The van der Waals surface area contributed by atoms with Crippen LogP contribution in [0.15, 0.2) is 34.3 Å². The molecule has 0 fully saturated rings. The Labute approximate surface area is 158 Å². The number of hydrogen-bond acceptors (Lipinski definition) is 4. The molecule has 146 valence electrons. The van der Waals surface area contributed by atoms with E-state index < -0.39 is 5.41 Å². The van der Waals surface area contributed by atoms with E-state index in [1.165, 1.54) is 19.8 Å². The maximum absolute atomic E-state index is 13.1. The molecular formula is C22H34O4. The SMILES string of the molecule is CCC(C)C/C(C)=C/CC(C)(CC)C1=C(C)C(=O)C(OC)=C(OC)C1=O. The third-order valence-corrected chi connectivity index (χ3v) is 5.62. The molecule has 0 aromatic carbocycles. The summed E-state index contributed by atoms with van der Waals surface area (Å²) < 4.78 is 10.4. The van der Waals surface area contributed by atoms with Gasteiger partial charge in [-0.1, -0.05) is 45.8 Å². The monoisotopic (exact) mass is 362 g/mol. The highest BCUT2D eigenvalue weighted by atomic mass is 16.5. The summed E-state index contributed by atoms with van der Waals surface area (Å²) in [7, 11) is 2.79. The molecule has 26 heavy (non-hydrogen) atoms. The lowest BCUT2D eigenvalue weighted by Crippen LogP contribution is -2.33. The molecule has 0 aliphatic heterocycles. The van der Waals surface area contributed by atoms with Crippen molar-refractivity contribution in [3.8, 4) is 0 Å². The van der Waals surface area contributed by atoms with E-state index in [1.807, 2.05) is 0 Å². The highest BCUT2D eigenvalue weighted by Gasteiger charge is 2.42. The van der Waals surface area contributed by atoms with Crippen LogP contribution >= 0.6 is 0 Å². The van der Waals surface area contributed by atoms with Crippen LogP contribution in [0.3, 0.4) is 0 Å². The van der Waals surface area contributed by atoms with Crippen LogP contribution in [0.4, 0.5) is 0 Å². The van der Waals surface area contributed by atoms with E-state index in [9.17, 15) is 9.59 Å². The lowest BCUT2D eigenvalue weighted by atomic mass is 9.70. The van der Waals surface area contributed by atoms with Crippen molar-refractivity contribution in [1.29, 1.82) is 0 Å². The van der Waals surface area contributed by atoms with E-state index >= 15 is 0 Å². The summed E-state index contributed by atoms with van der Waals surface area (Å²) in [6.45, 7) is 12.4. The Morgan fingerprint density at radius 3 is 2.12 bits per heavy atom. The van der Waals surface area contributed by atoms with E-state index in [2.05, 4.69) is 40.7 Å². The van der Waals surface area contributed by atoms with Gasteiger partial charge in [0.1, 0.15) is 0 Å². The van der Waals surface area contributed by atoms with Gasteiger partial charge in [-0.2, -0.15) is 0 Å². The minimum Gasteiger partial charge on any atom is -0.489 e. The molecule has 0 heterocycles. The number of ketones is 2. The molecule has 0 radical (unpaired) electrons. The van der Waals surface area contributed by atoms with Crippen LogP contribution in [0.5, 0.6) is 0 Å². The lowest BCUT2D eigenvalue weighted by molar-refractivity contribution is -0.122. The van der Waals surface area contributed by atoms with Crippen molar-refractivity contribution in [2.45, 2.75) is 67.2 Å². The van der Waals surface area contributed by atoms with Crippen molar-refractivity contribution in [2.24, 2.45) is 11.3 Å². The number of methoxy groups -OCH3 is 2. The minimum atomic E-state index is -0.420. The van der Waals surface area contributed by atoms with Crippen molar-refractivity contribution >= 4 is 11.6 Å². The molecule has 0 amide bonds. The van der Waals surface area contributed by atoms with Gasteiger partial charge in [-0.3, -0.25) is 9.59 Å². The van der Waals surface area contributed by atoms with Gasteiger partial charge in [0, 0.05) is 16.6 Å². The average Bonchev–Trinajstić information content (AvgIpc) is 2.62. The topological polar surface area (TPSA) is 52.6 Å². The fraction of sp³-hybridized carbons (Fsp3) is 0.636. The largest absolute Gasteiger partial charge is 0.489 e. The first-order valence-electron chi connectivity index (χ1n) is 9.45. The minimum absolute atomic E-state index is 0.000645. The molecule has 0 saturated carbocycles. The van der Waals surface area contributed by atoms with E-state index in [0.29, 0.717) is 17.1 Å². The van der Waals surface area contributed by atoms with Gasteiger partial charge in [0.15, 0.2) is 0 Å². The summed E-state index contributed by atoms with van der Waals surface area (Å²) in [6.07, 6.45) is 5.89. The standard InChI is InChI=1S/C22H34O4/c1-9-14(3)13-15(4)11-12-22(6,10-2)17-16(5)18(23)20(25-7)21(26-8)19(17)24/h11,14H,9-10,12-13H2,1-8H3/b15-11+. The van der Waals surface area contributed by atoms with Crippen molar-refractivity contribution in [3.63, 3.8) is 0 Å². The molecule has 2 atom stereocenters. The predicted molar refractivity (Wildman–Crippen MR) is 105 cm³/mol. The first-order chi connectivity index (χ1) is 12.2. The smallest absolute Gasteiger partial charge is 0.228 e. The number of carbonyl (C=O) groups is 2. The number of rotatable bonds is 9. The zero-order chi connectivity index (χ0) is 20.1. The summed E-state index contributed by atoms with van der Waals surface area (Å²) in [5.74, 6) is 0.154. The van der Waals surface area contributed by atoms with E-state index in [1.54, 1.807) is 6.92 Å². The summed E-state index contributed by atoms with van der Waals surface area (Å²) in [5, 5.41) is 0.